The average Bonchev–Trinajstić information content (AvgIpc) is 2.43. The van der Waals surface area contributed by atoms with Crippen LogP contribution in [-0.2, 0) is 0 Å². The highest BCUT2D eigenvalue weighted by Crippen LogP contribution is 2.21. The van der Waals surface area contributed by atoms with Gasteiger partial charge in [0.2, 0.25) is 0 Å². The van der Waals surface area contributed by atoms with Crippen LogP contribution in [0.3, 0.4) is 0 Å². The Morgan fingerprint density at radius 3 is 2.79 bits per heavy atom. The number of nitriles is 1. The molecule has 0 fully saturated rings. The Morgan fingerprint density at radius 2 is 2.16 bits per heavy atom. The number of benzene rings is 1. The summed E-state index contributed by atoms with van der Waals surface area (Å²) in [4.78, 5) is 16.3. The second kappa shape index (κ2) is 5.40. The molecule has 0 aliphatic rings. The summed E-state index contributed by atoms with van der Waals surface area (Å²) in [5.41, 5.74) is 1.23. The van der Waals surface area contributed by atoms with Crippen LogP contribution >= 0.6 is 0 Å². The van der Waals surface area contributed by atoms with E-state index in [4.69, 9.17) is 5.26 Å². The van der Waals surface area contributed by atoms with Gasteiger partial charge in [0.1, 0.15) is 5.82 Å². The highest BCUT2D eigenvalue weighted by Gasteiger charge is 2.24. The van der Waals surface area contributed by atoms with Crippen molar-refractivity contribution in [3.05, 3.63) is 65.2 Å². The summed E-state index contributed by atoms with van der Waals surface area (Å²) in [6.45, 7) is 1.71. The number of aromatic nitrogens is 1. The number of rotatable bonds is 3. The summed E-state index contributed by atoms with van der Waals surface area (Å²) < 4.78 is 13.2. The van der Waals surface area contributed by atoms with E-state index in [1.54, 1.807) is 25.1 Å². The van der Waals surface area contributed by atoms with Crippen molar-refractivity contribution in [1.29, 1.82) is 5.26 Å². The number of carbonyl (C=O) groups is 1. The van der Waals surface area contributed by atoms with Crippen molar-refractivity contribution in [3.8, 4) is 6.07 Å². The van der Waals surface area contributed by atoms with Crippen molar-refractivity contribution in [2.24, 2.45) is 0 Å². The molecule has 2 rings (SSSR count). The number of halogens is 1. The monoisotopic (exact) mass is 254 g/mol. The molecule has 1 aromatic carbocycles. The summed E-state index contributed by atoms with van der Waals surface area (Å²) in [6.07, 6.45) is 1.52. The van der Waals surface area contributed by atoms with Crippen LogP contribution in [0.15, 0.2) is 42.6 Å². The molecule has 0 amide bonds. The van der Waals surface area contributed by atoms with Gasteiger partial charge in [0.05, 0.1) is 11.8 Å². The van der Waals surface area contributed by atoms with Crippen LogP contribution < -0.4 is 0 Å². The van der Waals surface area contributed by atoms with Gasteiger partial charge in [0, 0.05) is 11.8 Å². The van der Waals surface area contributed by atoms with Crippen molar-refractivity contribution in [3.63, 3.8) is 0 Å². The smallest absolute Gasteiger partial charge is 0.186 e. The van der Waals surface area contributed by atoms with Gasteiger partial charge in [0.15, 0.2) is 11.7 Å². The van der Waals surface area contributed by atoms with Crippen LogP contribution in [0.25, 0.3) is 0 Å². The van der Waals surface area contributed by atoms with Gasteiger partial charge < -0.3 is 0 Å². The zero-order valence-corrected chi connectivity index (χ0v) is 10.3. The van der Waals surface area contributed by atoms with Crippen molar-refractivity contribution in [2.75, 3.05) is 0 Å². The van der Waals surface area contributed by atoms with Gasteiger partial charge >= 0.3 is 0 Å². The Hall–Kier alpha value is -2.54. The first-order chi connectivity index (χ1) is 9.13. The molecule has 0 spiro atoms. The number of pyridine rings is 1. The zero-order valence-electron chi connectivity index (χ0n) is 10.3. The molecule has 0 aliphatic carbocycles. The van der Waals surface area contributed by atoms with Gasteiger partial charge in [-0.3, -0.25) is 9.78 Å². The highest BCUT2D eigenvalue weighted by molar-refractivity contribution is 6.03. The fourth-order valence-corrected chi connectivity index (χ4v) is 1.82. The Morgan fingerprint density at radius 1 is 1.37 bits per heavy atom. The van der Waals surface area contributed by atoms with Gasteiger partial charge in [-0.25, -0.2) is 4.39 Å². The van der Waals surface area contributed by atoms with Crippen molar-refractivity contribution < 1.29 is 9.18 Å². The van der Waals surface area contributed by atoms with Crippen LogP contribution in [0, 0.1) is 24.1 Å². The molecule has 1 unspecified atom stereocenters. The largest absolute Gasteiger partial charge is 0.292 e. The van der Waals surface area contributed by atoms with Crippen LogP contribution in [0.2, 0.25) is 0 Å². The van der Waals surface area contributed by atoms with Gasteiger partial charge in [-0.1, -0.05) is 12.1 Å². The van der Waals surface area contributed by atoms with E-state index in [0.717, 1.165) is 6.07 Å². The van der Waals surface area contributed by atoms with E-state index in [9.17, 15) is 9.18 Å². The normalized spacial score (nSPS) is 11.6. The summed E-state index contributed by atoms with van der Waals surface area (Å²) in [5, 5.41) is 9.17. The summed E-state index contributed by atoms with van der Waals surface area (Å²) in [5.74, 6) is -1.94. The fourth-order valence-electron chi connectivity index (χ4n) is 1.82. The standard InChI is InChI=1S/C15H11FN2O/c1-10-5-6-11(16)8-12(10)15(19)13(9-17)14-4-2-3-7-18-14/h2-8,13H,1H3. The van der Waals surface area contributed by atoms with Crippen LogP contribution in [0.1, 0.15) is 27.5 Å². The first-order valence-electron chi connectivity index (χ1n) is 5.74. The Labute approximate surface area is 110 Å². The van der Waals surface area contributed by atoms with E-state index in [0.29, 0.717) is 11.3 Å². The Bertz CT molecular complexity index is 647. The van der Waals surface area contributed by atoms with Crippen molar-refractivity contribution >= 4 is 5.78 Å². The average molecular weight is 254 g/mol. The predicted molar refractivity (Wildman–Crippen MR) is 68.1 cm³/mol. The van der Waals surface area contributed by atoms with E-state index in [2.05, 4.69) is 4.98 Å². The predicted octanol–water partition coefficient (Wildman–Crippen LogP) is 3.02. The minimum absolute atomic E-state index is 0.220. The third kappa shape index (κ3) is 2.66. The molecule has 1 atom stereocenters. The third-order valence-electron chi connectivity index (χ3n) is 2.84. The number of nitrogens with zero attached hydrogens (tertiary/aromatic N) is 2. The van der Waals surface area contributed by atoms with E-state index in [1.807, 2.05) is 6.07 Å². The van der Waals surface area contributed by atoms with Gasteiger partial charge in [-0.2, -0.15) is 5.26 Å². The molecule has 0 N–H and O–H groups in total. The first kappa shape index (κ1) is 12.9. The van der Waals surface area contributed by atoms with E-state index >= 15 is 0 Å². The fraction of sp³-hybridized carbons (Fsp3) is 0.133. The quantitative estimate of drug-likeness (QED) is 0.791. The van der Waals surface area contributed by atoms with Crippen molar-refractivity contribution in [2.45, 2.75) is 12.8 Å². The molecule has 94 valence electrons. The van der Waals surface area contributed by atoms with Crippen molar-refractivity contribution in [1.82, 2.24) is 4.98 Å². The number of aryl methyl sites for hydroxylation is 1. The van der Waals surface area contributed by atoms with E-state index in [1.165, 1.54) is 18.3 Å². The van der Waals surface area contributed by atoms with Crippen LogP contribution in [-0.4, -0.2) is 10.8 Å². The maximum absolute atomic E-state index is 13.2. The van der Waals surface area contributed by atoms with E-state index in [-0.39, 0.29) is 5.56 Å². The molecular weight excluding hydrogens is 243 g/mol. The maximum Gasteiger partial charge on any atom is 0.186 e. The Kier molecular flexibility index (Phi) is 3.67. The lowest BCUT2D eigenvalue weighted by atomic mass is 9.93. The number of ketones is 1. The van der Waals surface area contributed by atoms with Gasteiger partial charge in [-0.05, 0) is 36.8 Å². The number of carbonyl (C=O) groups excluding carboxylic acids is 1. The SMILES string of the molecule is Cc1ccc(F)cc1C(=O)C(C#N)c1ccccn1. The van der Waals surface area contributed by atoms with Gasteiger partial charge in [0.25, 0.3) is 0 Å². The number of hydrogen-bond donors (Lipinski definition) is 0. The second-order valence-corrected chi connectivity index (χ2v) is 4.14. The molecule has 3 nitrogen and oxygen atoms in total. The zero-order chi connectivity index (χ0) is 13.8. The minimum atomic E-state index is -1.01. The molecule has 0 saturated carbocycles. The lowest BCUT2D eigenvalue weighted by Gasteiger charge is -2.09. The highest BCUT2D eigenvalue weighted by atomic mass is 19.1. The van der Waals surface area contributed by atoms with Gasteiger partial charge in [-0.15, -0.1) is 0 Å². The third-order valence-corrected chi connectivity index (χ3v) is 2.84. The second-order valence-electron chi connectivity index (χ2n) is 4.14. The lowest BCUT2D eigenvalue weighted by molar-refractivity contribution is 0.0976. The summed E-state index contributed by atoms with van der Waals surface area (Å²) >= 11 is 0. The van der Waals surface area contributed by atoms with Crippen LogP contribution in [0.4, 0.5) is 4.39 Å². The lowest BCUT2D eigenvalue weighted by Crippen LogP contribution is -2.14. The molecule has 1 aromatic heterocycles. The molecule has 1 heterocycles. The molecule has 19 heavy (non-hydrogen) atoms. The Balaban J connectivity index is 2.43. The minimum Gasteiger partial charge on any atom is -0.292 e. The molecule has 0 radical (unpaired) electrons. The van der Waals surface area contributed by atoms with Crippen LogP contribution in [0.5, 0.6) is 0 Å². The molecule has 0 saturated heterocycles. The molecule has 2 aromatic rings. The maximum atomic E-state index is 13.2. The summed E-state index contributed by atoms with van der Waals surface area (Å²) in [7, 11) is 0. The molecular formula is C15H11FN2O. The first-order valence-corrected chi connectivity index (χ1v) is 5.74. The molecule has 0 aliphatic heterocycles. The number of hydrogen-bond acceptors (Lipinski definition) is 3. The molecule has 4 heteroatoms. The topological polar surface area (TPSA) is 53.8 Å². The number of Topliss-reactive ketones (excluding diaryl/α,β-unsaturated/α-hetero) is 1. The summed E-state index contributed by atoms with van der Waals surface area (Å²) in [6, 6.07) is 10.9. The molecule has 0 bridgehead atoms. The van der Waals surface area contributed by atoms with E-state index < -0.39 is 17.5 Å².